The zero-order chi connectivity index (χ0) is 21.9. The minimum Gasteiger partial charge on any atom is -0.310 e. The molecule has 1 aliphatic rings. The predicted molar refractivity (Wildman–Crippen MR) is 136 cm³/mol. The summed E-state index contributed by atoms with van der Waals surface area (Å²) < 4.78 is 0. The fourth-order valence-electron chi connectivity index (χ4n) is 5.58. The Morgan fingerprint density at radius 1 is 0.875 bits per heavy atom. The molecule has 4 aromatic carbocycles. The summed E-state index contributed by atoms with van der Waals surface area (Å²) in [5.41, 5.74) is 7.30. The summed E-state index contributed by atoms with van der Waals surface area (Å²) in [7, 11) is 0. The van der Waals surface area contributed by atoms with Crippen LogP contribution in [0.15, 0.2) is 91.0 Å². The van der Waals surface area contributed by atoms with Crippen LogP contribution in [-0.4, -0.2) is 6.54 Å². The van der Waals surface area contributed by atoms with Gasteiger partial charge in [0.2, 0.25) is 0 Å². The highest BCUT2D eigenvalue weighted by atomic mass is 14.9. The number of hydrogen-bond acceptors (Lipinski definition) is 1. The Balaban J connectivity index is 1.29. The molecule has 32 heavy (non-hydrogen) atoms. The molecule has 4 aromatic rings. The summed E-state index contributed by atoms with van der Waals surface area (Å²) in [4.78, 5) is 0. The lowest BCUT2D eigenvalue weighted by Crippen LogP contribution is -2.26. The molecule has 0 amide bonds. The van der Waals surface area contributed by atoms with Crippen molar-refractivity contribution in [1.82, 2.24) is 5.32 Å². The minimum absolute atomic E-state index is 0.351. The number of fused-ring (bicyclic) bond motifs is 2. The SMILES string of the molecule is Cc1cccc(C2CC(CCN[C@H](C)c3cccc4ccccc34)Cc3ccccc32)c1. The van der Waals surface area contributed by atoms with Crippen LogP contribution in [0.1, 0.15) is 59.5 Å². The molecule has 0 saturated heterocycles. The molecule has 0 heterocycles. The van der Waals surface area contributed by atoms with Crippen LogP contribution in [0, 0.1) is 12.8 Å². The zero-order valence-electron chi connectivity index (χ0n) is 19.2. The molecular weight excluding hydrogens is 386 g/mol. The van der Waals surface area contributed by atoms with E-state index in [0.29, 0.717) is 17.9 Å². The molecule has 1 N–H and O–H groups in total. The van der Waals surface area contributed by atoms with Gasteiger partial charge < -0.3 is 5.32 Å². The molecule has 2 unspecified atom stereocenters. The first kappa shape index (κ1) is 21.0. The number of aryl methyl sites for hydroxylation is 1. The summed E-state index contributed by atoms with van der Waals surface area (Å²) in [5, 5.41) is 6.51. The summed E-state index contributed by atoms with van der Waals surface area (Å²) in [5.74, 6) is 1.22. The number of benzene rings is 4. The van der Waals surface area contributed by atoms with Gasteiger partial charge >= 0.3 is 0 Å². The first-order valence-electron chi connectivity index (χ1n) is 12.0. The Morgan fingerprint density at radius 3 is 2.56 bits per heavy atom. The highest BCUT2D eigenvalue weighted by Crippen LogP contribution is 2.40. The highest BCUT2D eigenvalue weighted by Gasteiger charge is 2.27. The van der Waals surface area contributed by atoms with E-state index in [4.69, 9.17) is 0 Å². The third-order valence-corrected chi connectivity index (χ3v) is 7.25. The maximum absolute atomic E-state index is 3.83. The lowest BCUT2D eigenvalue weighted by molar-refractivity contribution is 0.383. The van der Waals surface area contributed by atoms with Crippen molar-refractivity contribution < 1.29 is 0 Å². The molecule has 0 aliphatic heterocycles. The first-order valence-corrected chi connectivity index (χ1v) is 12.0. The van der Waals surface area contributed by atoms with E-state index in [-0.39, 0.29) is 0 Å². The van der Waals surface area contributed by atoms with Crippen LogP contribution >= 0.6 is 0 Å². The Bertz CT molecular complexity index is 1200. The van der Waals surface area contributed by atoms with Gasteiger partial charge in [-0.1, -0.05) is 96.6 Å². The smallest absolute Gasteiger partial charge is 0.0297 e. The van der Waals surface area contributed by atoms with E-state index < -0.39 is 0 Å². The third-order valence-electron chi connectivity index (χ3n) is 7.25. The van der Waals surface area contributed by atoms with Crippen molar-refractivity contribution in [3.63, 3.8) is 0 Å². The lowest BCUT2D eigenvalue weighted by atomic mass is 9.73. The second-order valence-corrected chi connectivity index (χ2v) is 9.50. The molecule has 1 heteroatoms. The van der Waals surface area contributed by atoms with Crippen LogP contribution in [0.2, 0.25) is 0 Å². The Kier molecular flexibility index (Phi) is 6.10. The molecule has 0 radical (unpaired) electrons. The van der Waals surface area contributed by atoms with Gasteiger partial charge in [-0.05, 0) is 78.6 Å². The normalized spacial score (nSPS) is 18.9. The van der Waals surface area contributed by atoms with Crippen LogP contribution in [-0.2, 0) is 6.42 Å². The van der Waals surface area contributed by atoms with Crippen molar-refractivity contribution in [3.05, 3.63) is 119 Å². The first-order chi connectivity index (χ1) is 15.7. The standard InChI is InChI=1S/C31H33N/c1-22-9-7-13-26(19-22)31-21-24(20-27-11-4-6-15-30(27)31)17-18-32-23(2)28-16-8-12-25-10-3-5-14-29(25)28/h3-16,19,23-24,31-32H,17-18,20-21H2,1-2H3/t23-,24?,31?/m1/s1. The zero-order valence-corrected chi connectivity index (χ0v) is 19.2. The van der Waals surface area contributed by atoms with Gasteiger partial charge in [0.1, 0.15) is 0 Å². The van der Waals surface area contributed by atoms with Crippen LogP contribution in [0.4, 0.5) is 0 Å². The van der Waals surface area contributed by atoms with E-state index in [1.807, 2.05) is 0 Å². The molecule has 0 saturated carbocycles. The molecule has 0 aromatic heterocycles. The van der Waals surface area contributed by atoms with E-state index in [9.17, 15) is 0 Å². The monoisotopic (exact) mass is 419 g/mol. The van der Waals surface area contributed by atoms with Gasteiger partial charge in [-0.15, -0.1) is 0 Å². The average molecular weight is 420 g/mol. The van der Waals surface area contributed by atoms with Crippen LogP contribution in [0.5, 0.6) is 0 Å². The van der Waals surface area contributed by atoms with Crippen molar-refractivity contribution in [3.8, 4) is 0 Å². The maximum atomic E-state index is 3.83. The summed E-state index contributed by atoms with van der Waals surface area (Å²) >= 11 is 0. The van der Waals surface area contributed by atoms with Crippen molar-refractivity contribution in [2.75, 3.05) is 6.54 Å². The summed E-state index contributed by atoms with van der Waals surface area (Å²) in [6, 6.07) is 33.9. The number of rotatable bonds is 6. The van der Waals surface area contributed by atoms with Crippen LogP contribution < -0.4 is 5.32 Å². The Labute approximate surface area is 192 Å². The van der Waals surface area contributed by atoms with Crippen molar-refractivity contribution in [2.45, 2.75) is 45.1 Å². The van der Waals surface area contributed by atoms with E-state index >= 15 is 0 Å². The summed E-state index contributed by atoms with van der Waals surface area (Å²) in [6.45, 7) is 5.56. The van der Waals surface area contributed by atoms with Gasteiger partial charge in [-0.25, -0.2) is 0 Å². The van der Waals surface area contributed by atoms with Gasteiger partial charge in [0.15, 0.2) is 0 Å². The third kappa shape index (κ3) is 4.36. The largest absolute Gasteiger partial charge is 0.310 e. The van der Waals surface area contributed by atoms with Gasteiger partial charge in [0.25, 0.3) is 0 Å². The van der Waals surface area contributed by atoms with Gasteiger partial charge in [0, 0.05) is 12.0 Å². The molecule has 1 nitrogen and oxygen atoms in total. The molecule has 3 atom stereocenters. The number of hydrogen-bond donors (Lipinski definition) is 1. The minimum atomic E-state index is 0.351. The van der Waals surface area contributed by atoms with E-state index in [2.05, 4.69) is 110 Å². The molecule has 1 aliphatic carbocycles. The topological polar surface area (TPSA) is 12.0 Å². The highest BCUT2D eigenvalue weighted by molar-refractivity contribution is 5.86. The Hall–Kier alpha value is -2.90. The van der Waals surface area contributed by atoms with Crippen molar-refractivity contribution in [2.24, 2.45) is 5.92 Å². The van der Waals surface area contributed by atoms with Gasteiger partial charge in [0.05, 0.1) is 0 Å². The van der Waals surface area contributed by atoms with Crippen molar-refractivity contribution in [1.29, 1.82) is 0 Å². The maximum Gasteiger partial charge on any atom is 0.0297 e. The molecule has 5 rings (SSSR count). The predicted octanol–water partition coefficient (Wildman–Crippen LogP) is 7.58. The lowest BCUT2D eigenvalue weighted by Gasteiger charge is -2.32. The molecule has 0 spiro atoms. The second-order valence-electron chi connectivity index (χ2n) is 9.50. The summed E-state index contributed by atoms with van der Waals surface area (Å²) in [6.07, 6.45) is 3.65. The number of nitrogens with one attached hydrogen (secondary N) is 1. The van der Waals surface area contributed by atoms with Gasteiger partial charge in [-0.3, -0.25) is 0 Å². The van der Waals surface area contributed by atoms with Gasteiger partial charge in [-0.2, -0.15) is 0 Å². The molecule has 162 valence electrons. The van der Waals surface area contributed by atoms with E-state index in [0.717, 1.165) is 6.54 Å². The average Bonchev–Trinajstić information content (AvgIpc) is 2.83. The fraction of sp³-hybridized carbons (Fsp3) is 0.290. The van der Waals surface area contributed by atoms with E-state index in [1.54, 1.807) is 0 Å². The Morgan fingerprint density at radius 2 is 1.66 bits per heavy atom. The van der Waals surface area contributed by atoms with E-state index in [1.165, 1.54) is 57.9 Å². The molecule has 0 fully saturated rings. The van der Waals surface area contributed by atoms with Crippen LogP contribution in [0.25, 0.3) is 10.8 Å². The molecular formula is C31H33N. The quantitative estimate of drug-likeness (QED) is 0.339. The fourth-order valence-corrected chi connectivity index (χ4v) is 5.58. The second kappa shape index (κ2) is 9.30. The van der Waals surface area contributed by atoms with Crippen molar-refractivity contribution >= 4 is 10.8 Å². The molecule has 0 bridgehead atoms. The van der Waals surface area contributed by atoms with Crippen LogP contribution in [0.3, 0.4) is 0 Å².